The maximum Gasteiger partial charge on any atom is 0.237 e. The maximum absolute atomic E-state index is 12.0. The van der Waals surface area contributed by atoms with Gasteiger partial charge in [-0.25, -0.2) is 5.84 Å². The summed E-state index contributed by atoms with van der Waals surface area (Å²) in [6.45, 7) is 0.407. The second-order valence-electron chi connectivity index (χ2n) is 6.14. The Kier molecular flexibility index (Phi) is 3.82. The lowest BCUT2D eigenvalue weighted by molar-refractivity contribution is -0.316. The first kappa shape index (κ1) is 15.0. The number of carbonyl (C=O) groups excluding carboxylic acids is 1. The molecule has 2 saturated heterocycles. The van der Waals surface area contributed by atoms with E-state index in [-0.39, 0.29) is 35.9 Å². The summed E-state index contributed by atoms with van der Waals surface area (Å²) in [5.41, 5.74) is 3.18. The SMILES string of the molecule is CO[C@H]1O[C@@H]2COC(c3ccccc3)O[C@H]2[C@H]2C(C(=O)NN)[C@@H]12. The summed E-state index contributed by atoms with van der Waals surface area (Å²) in [4.78, 5) is 12.0. The molecule has 3 fully saturated rings. The molecule has 1 aromatic rings. The van der Waals surface area contributed by atoms with Gasteiger partial charge in [0.15, 0.2) is 12.6 Å². The molecule has 7 nitrogen and oxygen atoms in total. The van der Waals surface area contributed by atoms with E-state index in [1.165, 1.54) is 0 Å². The van der Waals surface area contributed by atoms with Crippen LogP contribution in [-0.4, -0.2) is 38.1 Å². The lowest BCUT2D eigenvalue weighted by atomic mass is 10.0. The van der Waals surface area contributed by atoms with Gasteiger partial charge in [0.2, 0.25) is 5.91 Å². The summed E-state index contributed by atoms with van der Waals surface area (Å²) in [6, 6.07) is 9.75. The average molecular weight is 320 g/mol. The van der Waals surface area contributed by atoms with E-state index in [2.05, 4.69) is 5.43 Å². The molecule has 4 rings (SSSR count). The molecule has 2 heterocycles. The molecular formula is C16H20N2O5. The van der Waals surface area contributed by atoms with E-state index in [9.17, 15) is 4.79 Å². The van der Waals surface area contributed by atoms with Crippen molar-refractivity contribution < 1.29 is 23.7 Å². The first-order valence-corrected chi connectivity index (χ1v) is 7.75. The van der Waals surface area contributed by atoms with E-state index in [4.69, 9.17) is 24.8 Å². The quantitative estimate of drug-likeness (QED) is 0.473. The summed E-state index contributed by atoms with van der Waals surface area (Å²) in [5.74, 6) is 4.87. The number of nitrogens with one attached hydrogen (secondary N) is 1. The van der Waals surface area contributed by atoms with Gasteiger partial charge in [0.25, 0.3) is 0 Å². The fourth-order valence-corrected chi connectivity index (χ4v) is 3.84. The highest BCUT2D eigenvalue weighted by Gasteiger charge is 2.68. The van der Waals surface area contributed by atoms with Crippen molar-refractivity contribution in [3.63, 3.8) is 0 Å². The molecule has 1 amide bonds. The molecule has 0 radical (unpaired) electrons. The van der Waals surface area contributed by atoms with Crippen LogP contribution in [0.1, 0.15) is 11.9 Å². The van der Waals surface area contributed by atoms with E-state index in [0.29, 0.717) is 6.61 Å². The van der Waals surface area contributed by atoms with Gasteiger partial charge in [-0.3, -0.25) is 10.2 Å². The molecule has 0 bridgehead atoms. The Labute approximate surface area is 134 Å². The highest BCUT2D eigenvalue weighted by molar-refractivity contribution is 5.82. The lowest BCUT2D eigenvalue weighted by Crippen LogP contribution is -2.49. The maximum atomic E-state index is 12.0. The van der Waals surface area contributed by atoms with E-state index < -0.39 is 12.6 Å². The predicted octanol–water partition coefficient (Wildman–Crippen LogP) is 0.324. The molecule has 2 aliphatic heterocycles. The molecule has 3 N–H and O–H groups in total. The van der Waals surface area contributed by atoms with Gasteiger partial charge in [-0.2, -0.15) is 0 Å². The third kappa shape index (κ3) is 2.45. The number of fused-ring (bicyclic) bond motifs is 3. The molecular weight excluding hydrogens is 300 g/mol. The fraction of sp³-hybridized carbons (Fsp3) is 0.562. The minimum absolute atomic E-state index is 0.0284. The number of hydrazine groups is 1. The Bertz CT molecular complexity index is 583. The molecule has 1 aliphatic carbocycles. The monoisotopic (exact) mass is 320 g/mol. The molecule has 7 heteroatoms. The van der Waals surface area contributed by atoms with Gasteiger partial charge in [0.1, 0.15) is 6.10 Å². The number of nitrogens with two attached hydrogens (primary N) is 1. The Morgan fingerprint density at radius 3 is 2.74 bits per heavy atom. The number of benzene rings is 1. The van der Waals surface area contributed by atoms with Crippen LogP contribution < -0.4 is 11.3 Å². The molecule has 0 aromatic heterocycles. The van der Waals surface area contributed by atoms with Crippen molar-refractivity contribution in [3.05, 3.63) is 35.9 Å². The minimum atomic E-state index is -0.442. The number of methoxy groups -OCH3 is 1. The largest absolute Gasteiger partial charge is 0.356 e. The van der Waals surface area contributed by atoms with Crippen LogP contribution >= 0.6 is 0 Å². The Morgan fingerprint density at radius 2 is 2.04 bits per heavy atom. The lowest BCUT2D eigenvalue weighted by Gasteiger charge is -2.41. The van der Waals surface area contributed by atoms with Crippen LogP contribution in [0.3, 0.4) is 0 Å². The zero-order chi connectivity index (χ0) is 16.0. The summed E-state index contributed by atoms with van der Waals surface area (Å²) < 4.78 is 23.2. The Morgan fingerprint density at radius 1 is 1.26 bits per heavy atom. The zero-order valence-electron chi connectivity index (χ0n) is 12.8. The molecule has 0 spiro atoms. The van der Waals surface area contributed by atoms with Gasteiger partial charge in [-0.15, -0.1) is 0 Å². The Balaban J connectivity index is 1.54. The van der Waals surface area contributed by atoms with Crippen LogP contribution in [0.15, 0.2) is 30.3 Å². The molecule has 2 unspecified atom stereocenters. The molecule has 1 aromatic carbocycles. The van der Waals surface area contributed by atoms with E-state index in [1.807, 2.05) is 30.3 Å². The number of rotatable bonds is 3. The smallest absolute Gasteiger partial charge is 0.237 e. The van der Waals surface area contributed by atoms with Gasteiger partial charge in [0, 0.05) is 24.5 Å². The fourth-order valence-electron chi connectivity index (χ4n) is 3.84. The molecule has 1 saturated carbocycles. The van der Waals surface area contributed by atoms with Crippen LogP contribution in [0.25, 0.3) is 0 Å². The third-order valence-corrected chi connectivity index (χ3v) is 4.94. The first-order valence-electron chi connectivity index (χ1n) is 7.75. The predicted molar refractivity (Wildman–Crippen MR) is 78.5 cm³/mol. The zero-order valence-corrected chi connectivity index (χ0v) is 12.8. The summed E-state index contributed by atoms with van der Waals surface area (Å²) in [6.07, 6.45) is -1.31. The van der Waals surface area contributed by atoms with Crippen LogP contribution in [0.4, 0.5) is 0 Å². The minimum Gasteiger partial charge on any atom is -0.356 e. The number of ether oxygens (including phenoxy) is 4. The van der Waals surface area contributed by atoms with E-state index >= 15 is 0 Å². The number of amides is 1. The summed E-state index contributed by atoms with van der Waals surface area (Å²) in [5, 5.41) is 0. The Hall–Kier alpha value is -1.51. The van der Waals surface area contributed by atoms with Crippen molar-refractivity contribution in [1.29, 1.82) is 0 Å². The van der Waals surface area contributed by atoms with Crippen molar-refractivity contribution in [2.24, 2.45) is 23.6 Å². The van der Waals surface area contributed by atoms with Gasteiger partial charge < -0.3 is 18.9 Å². The number of carbonyl (C=O) groups is 1. The van der Waals surface area contributed by atoms with E-state index in [0.717, 1.165) is 5.56 Å². The normalized spacial score (nSPS) is 41.6. The van der Waals surface area contributed by atoms with Crippen molar-refractivity contribution in [2.45, 2.75) is 24.8 Å². The van der Waals surface area contributed by atoms with Crippen LogP contribution in [-0.2, 0) is 23.7 Å². The standard InChI is InChI=1S/C16H20N2O5/c1-20-16-12-10(11(12)14(19)18-17)13-9(22-16)7-21-15(23-13)8-5-3-2-4-6-8/h2-6,9-13,15-16H,7,17H2,1H3,(H,18,19)/t9-,10+,11?,12+,13-,15?,16+/m1/s1. The highest BCUT2D eigenvalue weighted by atomic mass is 16.7. The van der Waals surface area contributed by atoms with E-state index in [1.54, 1.807) is 7.11 Å². The summed E-state index contributed by atoms with van der Waals surface area (Å²) >= 11 is 0. The van der Waals surface area contributed by atoms with Gasteiger partial charge >= 0.3 is 0 Å². The van der Waals surface area contributed by atoms with Gasteiger partial charge in [0.05, 0.1) is 18.6 Å². The number of hydrogen-bond acceptors (Lipinski definition) is 6. The number of hydrogen-bond donors (Lipinski definition) is 2. The second-order valence-corrected chi connectivity index (χ2v) is 6.14. The topological polar surface area (TPSA) is 92.0 Å². The molecule has 3 aliphatic rings. The highest BCUT2D eigenvalue weighted by Crippen LogP contribution is 2.58. The van der Waals surface area contributed by atoms with Crippen molar-refractivity contribution in [1.82, 2.24) is 5.43 Å². The van der Waals surface area contributed by atoms with Gasteiger partial charge in [-0.05, 0) is 0 Å². The second kappa shape index (κ2) is 5.85. The van der Waals surface area contributed by atoms with Crippen LogP contribution in [0.5, 0.6) is 0 Å². The van der Waals surface area contributed by atoms with Crippen LogP contribution in [0, 0.1) is 17.8 Å². The van der Waals surface area contributed by atoms with Crippen LogP contribution in [0.2, 0.25) is 0 Å². The summed E-state index contributed by atoms with van der Waals surface area (Å²) in [7, 11) is 1.58. The van der Waals surface area contributed by atoms with Gasteiger partial charge in [-0.1, -0.05) is 30.3 Å². The molecule has 23 heavy (non-hydrogen) atoms. The first-order chi connectivity index (χ1) is 11.2. The van der Waals surface area contributed by atoms with Crippen molar-refractivity contribution in [3.8, 4) is 0 Å². The average Bonchev–Trinajstić information content (AvgIpc) is 3.36. The molecule has 124 valence electrons. The van der Waals surface area contributed by atoms with Crippen molar-refractivity contribution in [2.75, 3.05) is 13.7 Å². The van der Waals surface area contributed by atoms with Crippen molar-refractivity contribution >= 4 is 5.91 Å². The molecule has 7 atom stereocenters. The third-order valence-electron chi connectivity index (χ3n) is 4.94.